The first kappa shape index (κ1) is 11.0. The lowest BCUT2D eigenvalue weighted by atomic mass is 10.2. The van der Waals surface area contributed by atoms with Crippen molar-refractivity contribution in [3.8, 4) is 0 Å². The molecule has 1 rings (SSSR count). The molecule has 0 bridgehead atoms. The van der Waals surface area contributed by atoms with Crippen LogP contribution in [0.2, 0.25) is 4.47 Å². The number of ether oxygens (including phenoxy) is 1. The van der Waals surface area contributed by atoms with Gasteiger partial charge in [0.05, 0.1) is 17.6 Å². The fraction of sp³-hybridized carbons (Fsp3) is 0.667. The SMILES string of the molecule is CCCC(C)OCc1cnc(Cl)s1. The molecule has 0 saturated heterocycles. The van der Waals surface area contributed by atoms with Crippen LogP contribution in [0, 0.1) is 0 Å². The van der Waals surface area contributed by atoms with E-state index in [-0.39, 0.29) is 0 Å². The minimum atomic E-state index is 0.325. The van der Waals surface area contributed by atoms with E-state index in [2.05, 4.69) is 18.8 Å². The summed E-state index contributed by atoms with van der Waals surface area (Å²) in [7, 11) is 0. The molecule has 1 aromatic heterocycles. The van der Waals surface area contributed by atoms with Crippen molar-refractivity contribution in [3.63, 3.8) is 0 Å². The van der Waals surface area contributed by atoms with Gasteiger partial charge in [-0.1, -0.05) is 24.9 Å². The third-order valence-electron chi connectivity index (χ3n) is 1.73. The van der Waals surface area contributed by atoms with Gasteiger partial charge in [0.25, 0.3) is 0 Å². The van der Waals surface area contributed by atoms with Crippen LogP contribution in [-0.2, 0) is 11.3 Å². The topological polar surface area (TPSA) is 22.1 Å². The summed E-state index contributed by atoms with van der Waals surface area (Å²) in [5, 5.41) is 0. The molecule has 74 valence electrons. The molecule has 0 fully saturated rings. The summed E-state index contributed by atoms with van der Waals surface area (Å²) in [5.74, 6) is 0. The van der Waals surface area contributed by atoms with Gasteiger partial charge < -0.3 is 4.74 Å². The molecule has 0 aliphatic carbocycles. The van der Waals surface area contributed by atoms with E-state index in [9.17, 15) is 0 Å². The van der Waals surface area contributed by atoms with Gasteiger partial charge in [-0.05, 0) is 13.3 Å². The molecule has 4 heteroatoms. The number of aromatic nitrogens is 1. The minimum Gasteiger partial charge on any atom is -0.373 e. The molecular formula is C9H14ClNOS. The lowest BCUT2D eigenvalue weighted by molar-refractivity contribution is 0.0487. The second kappa shape index (κ2) is 5.58. The highest BCUT2D eigenvalue weighted by molar-refractivity contribution is 7.15. The molecule has 1 unspecified atom stereocenters. The van der Waals surface area contributed by atoms with Crippen molar-refractivity contribution in [2.75, 3.05) is 0 Å². The summed E-state index contributed by atoms with van der Waals surface area (Å²) in [6, 6.07) is 0. The zero-order valence-electron chi connectivity index (χ0n) is 7.92. The van der Waals surface area contributed by atoms with Gasteiger partial charge in [-0.15, -0.1) is 11.3 Å². The molecule has 1 aromatic rings. The molecular weight excluding hydrogens is 206 g/mol. The predicted molar refractivity (Wildman–Crippen MR) is 56.3 cm³/mol. The molecule has 0 amide bonds. The average molecular weight is 220 g/mol. The minimum absolute atomic E-state index is 0.325. The highest BCUT2D eigenvalue weighted by atomic mass is 35.5. The van der Waals surface area contributed by atoms with E-state index >= 15 is 0 Å². The fourth-order valence-corrected chi connectivity index (χ4v) is 1.96. The number of nitrogens with zero attached hydrogens (tertiary/aromatic N) is 1. The van der Waals surface area contributed by atoms with Crippen LogP contribution in [-0.4, -0.2) is 11.1 Å². The third-order valence-corrected chi connectivity index (χ3v) is 2.82. The van der Waals surface area contributed by atoms with Crippen molar-refractivity contribution < 1.29 is 4.74 Å². The molecule has 0 N–H and O–H groups in total. The maximum atomic E-state index is 5.69. The van der Waals surface area contributed by atoms with Crippen LogP contribution < -0.4 is 0 Å². The Kier molecular flexibility index (Phi) is 4.70. The van der Waals surface area contributed by atoms with Crippen LogP contribution in [0.5, 0.6) is 0 Å². The second-order valence-electron chi connectivity index (χ2n) is 2.99. The number of hydrogen-bond donors (Lipinski definition) is 0. The Labute approximate surface area is 87.9 Å². The molecule has 2 nitrogen and oxygen atoms in total. The van der Waals surface area contributed by atoms with Crippen molar-refractivity contribution in [3.05, 3.63) is 15.5 Å². The van der Waals surface area contributed by atoms with Crippen molar-refractivity contribution in [2.45, 2.75) is 39.4 Å². The first-order chi connectivity index (χ1) is 6.22. The van der Waals surface area contributed by atoms with E-state index < -0.39 is 0 Å². The van der Waals surface area contributed by atoms with Crippen LogP contribution in [0.15, 0.2) is 6.20 Å². The number of thiazole rings is 1. The van der Waals surface area contributed by atoms with Gasteiger partial charge in [0.2, 0.25) is 0 Å². The van der Waals surface area contributed by atoms with Gasteiger partial charge in [0.1, 0.15) is 0 Å². The molecule has 1 heterocycles. The summed E-state index contributed by atoms with van der Waals surface area (Å²) in [5.41, 5.74) is 0. The summed E-state index contributed by atoms with van der Waals surface area (Å²) >= 11 is 7.17. The molecule has 0 aromatic carbocycles. The Morgan fingerprint density at radius 1 is 1.69 bits per heavy atom. The number of halogens is 1. The molecule has 0 radical (unpaired) electrons. The Morgan fingerprint density at radius 3 is 3.00 bits per heavy atom. The normalized spacial score (nSPS) is 13.2. The molecule has 0 saturated carbocycles. The molecule has 0 aliphatic rings. The Balaban J connectivity index is 2.26. The van der Waals surface area contributed by atoms with Crippen molar-refractivity contribution in [2.24, 2.45) is 0 Å². The maximum absolute atomic E-state index is 5.69. The monoisotopic (exact) mass is 219 g/mol. The van der Waals surface area contributed by atoms with Gasteiger partial charge in [-0.2, -0.15) is 0 Å². The van der Waals surface area contributed by atoms with Gasteiger partial charge in [-0.25, -0.2) is 4.98 Å². The molecule has 0 aliphatic heterocycles. The van der Waals surface area contributed by atoms with Gasteiger partial charge in [0.15, 0.2) is 4.47 Å². The van der Waals surface area contributed by atoms with Crippen molar-refractivity contribution >= 4 is 22.9 Å². The predicted octanol–water partition coefficient (Wildman–Crippen LogP) is 3.50. The summed E-state index contributed by atoms with van der Waals surface area (Å²) in [4.78, 5) is 5.04. The Hall–Kier alpha value is -0.120. The van der Waals surface area contributed by atoms with Gasteiger partial charge in [-0.3, -0.25) is 0 Å². The largest absolute Gasteiger partial charge is 0.373 e. The Bertz CT molecular complexity index is 252. The van der Waals surface area contributed by atoms with E-state index in [1.165, 1.54) is 11.3 Å². The first-order valence-electron chi connectivity index (χ1n) is 4.44. The fourth-order valence-electron chi connectivity index (χ4n) is 1.06. The van der Waals surface area contributed by atoms with E-state index in [4.69, 9.17) is 16.3 Å². The van der Waals surface area contributed by atoms with Crippen LogP contribution in [0.3, 0.4) is 0 Å². The van der Waals surface area contributed by atoms with E-state index in [0.29, 0.717) is 17.2 Å². The summed E-state index contributed by atoms with van der Waals surface area (Å²) in [6.45, 7) is 4.88. The van der Waals surface area contributed by atoms with Crippen LogP contribution in [0.25, 0.3) is 0 Å². The zero-order chi connectivity index (χ0) is 9.68. The lowest BCUT2D eigenvalue weighted by Gasteiger charge is -2.09. The Morgan fingerprint density at radius 2 is 2.46 bits per heavy atom. The number of hydrogen-bond acceptors (Lipinski definition) is 3. The van der Waals surface area contributed by atoms with E-state index in [0.717, 1.165) is 17.7 Å². The van der Waals surface area contributed by atoms with Crippen LogP contribution in [0.1, 0.15) is 31.6 Å². The zero-order valence-corrected chi connectivity index (χ0v) is 9.49. The highest BCUT2D eigenvalue weighted by Crippen LogP contribution is 2.19. The molecule has 0 spiro atoms. The quantitative estimate of drug-likeness (QED) is 0.756. The molecule has 13 heavy (non-hydrogen) atoms. The lowest BCUT2D eigenvalue weighted by Crippen LogP contribution is -2.06. The summed E-state index contributed by atoms with van der Waals surface area (Å²) < 4.78 is 6.18. The summed E-state index contributed by atoms with van der Waals surface area (Å²) in [6.07, 6.45) is 4.36. The highest BCUT2D eigenvalue weighted by Gasteiger charge is 2.03. The van der Waals surface area contributed by atoms with Crippen LogP contribution in [0.4, 0.5) is 0 Å². The standard InChI is InChI=1S/C9H14ClNOS/c1-3-4-7(2)12-6-8-5-11-9(10)13-8/h5,7H,3-4,6H2,1-2H3. The smallest absolute Gasteiger partial charge is 0.183 e. The first-order valence-corrected chi connectivity index (χ1v) is 5.63. The van der Waals surface area contributed by atoms with Crippen molar-refractivity contribution in [1.29, 1.82) is 0 Å². The second-order valence-corrected chi connectivity index (χ2v) is 4.69. The van der Waals surface area contributed by atoms with E-state index in [1.807, 2.05) is 0 Å². The maximum Gasteiger partial charge on any atom is 0.183 e. The number of rotatable bonds is 5. The third kappa shape index (κ3) is 4.07. The van der Waals surface area contributed by atoms with Crippen LogP contribution >= 0.6 is 22.9 Å². The van der Waals surface area contributed by atoms with Crippen molar-refractivity contribution in [1.82, 2.24) is 4.98 Å². The van der Waals surface area contributed by atoms with Gasteiger partial charge in [0, 0.05) is 6.20 Å². The van der Waals surface area contributed by atoms with Gasteiger partial charge >= 0.3 is 0 Å². The van der Waals surface area contributed by atoms with E-state index in [1.54, 1.807) is 6.20 Å². The molecule has 1 atom stereocenters. The average Bonchev–Trinajstić information content (AvgIpc) is 2.49.